The van der Waals surface area contributed by atoms with E-state index in [1.165, 1.54) is 26.5 Å². The van der Waals surface area contributed by atoms with Crippen molar-refractivity contribution in [3.8, 4) is 23.3 Å². The third-order valence-electron chi connectivity index (χ3n) is 6.21. The highest BCUT2D eigenvalue weighted by Gasteiger charge is 2.31. The summed E-state index contributed by atoms with van der Waals surface area (Å²) in [6, 6.07) is 0.758. The molecule has 38 heavy (non-hydrogen) atoms. The summed E-state index contributed by atoms with van der Waals surface area (Å²) in [7, 11) is 2.47. The number of fused-ring (bicyclic) bond motifs is 1. The van der Waals surface area contributed by atoms with Crippen molar-refractivity contribution in [2.24, 2.45) is 0 Å². The highest BCUT2D eigenvalue weighted by molar-refractivity contribution is 6.09. The first-order valence-corrected chi connectivity index (χ1v) is 11.7. The van der Waals surface area contributed by atoms with E-state index in [1.807, 2.05) is 0 Å². The van der Waals surface area contributed by atoms with E-state index in [-0.39, 0.29) is 45.9 Å². The molecule has 1 aliphatic rings. The Morgan fingerprint density at radius 1 is 1.26 bits per heavy atom. The highest BCUT2D eigenvalue weighted by Crippen LogP contribution is 2.33. The third kappa shape index (κ3) is 4.58. The minimum absolute atomic E-state index is 0.0322. The number of likely N-dealkylation sites (tertiary alicyclic amines) is 1. The lowest BCUT2D eigenvalue weighted by Crippen LogP contribution is -2.28. The molecule has 3 heterocycles. The summed E-state index contributed by atoms with van der Waals surface area (Å²) >= 11 is 0. The zero-order valence-electron chi connectivity index (χ0n) is 21.1. The van der Waals surface area contributed by atoms with Crippen molar-refractivity contribution in [3.05, 3.63) is 53.4 Å². The molecule has 0 unspecified atom stereocenters. The SMILES string of the molecule is C=CC(=O)N1CC[C@H](n2nc(C#Cc3c(F)c(OC)cc(OC)c3F)c3c(N)ncc(C(=O)NCC)c32)C1. The minimum atomic E-state index is -1.01. The molecule has 12 heteroatoms. The molecule has 1 atom stereocenters. The molecule has 198 valence electrons. The molecule has 2 aromatic heterocycles. The van der Waals surface area contributed by atoms with Crippen molar-refractivity contribution >= 4 is 28.5 Å². The van der Waals surface area contributed by atoms with Crippen LogP contribution in [0.2, 0.25) is 0 Å². The van der Waals surface area contributed by atoms with Crippen LogP contribution in [0.4, 0.5) is 14.6 Å². The number of nitrogens with zero attached hydrogens (tertiary/aromatic N) is 4. The first kappa shape index (κ1) is 26.4. The predicted octanol–water partition coefficient (Wildman–Crippen LogP) is 2.42. The third-order valence-corrected chi connectivity index (χ3v) is 6.21. The first-order chi connectivity index (χ1) is 18.2. The van der Waals surface area contributed by atoms with Gasteiger partial charge in [-0.2, -0.15) is 5.10 Å². The van der Waals surface area contributed by atoms with Gasteiger partial charge in [-0.05, 0) is 25.3 Å². The molecule has 4 rings (SSSR count). The Morgan fingerprint density at radius 2 is 1.95 bits per heavy atom. The lowest BCUT2D eigenvalue weighted by atomic mass is 10.1. The van der Waals surface area contributed by atoms with Gasteiger partial charge < -0.3 is 25.4 Å². The number of methoxy groups -OCH3 is 2. The Hall–Kier alpha value is -4.66. The number of benzene rings is 1. The van der Waals surface area contributed by atoms with E-state index in [1.54, 1.807) is 16.5 Å². The zero-order valence-corrected chi connectivity index (χ0v) is 21.1. The monoisotopic (exact) mass is 524 g/mol. The van der Waals surface area contributed by atoms with Crippen molar-refractivity contribution < 1.29 is 27.8 Å². The number of amides is 2. The number of anilines is 1. The van der Waals surface area contributed by atoms with Gasteiger partial charge >= 0.3 is 0 Å². The van der Waals surface area contributed by atoms with Gasteiger partial charge in [0.2, 0.25) is 5.91 Å². The van der Waals surface area contributed by atoms with Gasteiger partial charge in [0, 0.05) is 31.9 Å². The van der Waals surface area contributed by atoms with E-state index >= 15 is 0 Å². The maximum Gasteiger partial charge on any atom is 0.255 e. The average Bonchev–Trinajstić information content (AvgIpc) is 3.55. The molecule has 0 saturated carbocycles. The molecular formula is C26H26F2N6O4. The molecule has 3 aromatic rings. The average molecular weight is 525 g/mol. The Bertz CT molecular complexity index is 1480. The van der Waals surface area contributed by atoms with Crippen LogP contribution in [0.3, 0.4) is 0 Å². The molecule has 0 bridgehead atoms. The Balaban J connectivity index is 1.93. The molecule has 1 saturated heterocycles. The lowest BCUT2D eigenvalue weighted by Gasteiger charge is -2.16. The first-order valence-electron chi connectivity index (χ1n) is 11.7. The highest BCUT2D eigenvalue weighted by atomic mass is 19.1. The van der Waals surface area contributed by atoms with Crippen LogP contribution in [0, 0.1) is 23.5 Å². The smallest absolute Gasteiger partial charge is 0.255 e. The van der Waals surface area contributed by atoms with Crippen LogP contribution in [-0.2, 0) is 4.79 Å². The van der Waals surface area contributed by atoms with Crippen LogP contribution in [0.15, 0.2) is 24.9 Å². The number of rotatable bonds is 6. The van der Waals surface area contributed by atoms with Crippen LogP contribution in [-0.4, -0.2) is 65.3 Å². The number of hydrogen-bond acceptors (Lipinski definition) is 7. The summed E-state index contributed by atoms with van der Waals surface area (Å²) in [6.45, 7) is 6.43. The molecule has 0 radical (unpaired) electrons. The second-order valence-corrected chi connectivity index (χ2v) is 8.40. The van der Waals surface area contributed by atoms with Crippen LogP contribution in [0.1, 0.15) is 41.0 Å². The van der Waals surface area contributed by atoms with Crippen molar-refractivity contribution in [1.29, 1.82) is 0 Å². The maximum atomic E-state index is 14.9. The number of aromatic nitrogens is 3. The number of carbonyl (C=O) groups is 2. The van der Waals surface area contributed by atoms with Crippen molar-refractivity contribution in [2.45, 2.75) is 19.4 Å². The zero-order chi connectivity index (χ0) is 27.6. The van der Waals surface area contributed by atoms with Gasteiger partial charge in [0.15, 0.2) is 23.1 Å². The number of nitrogen functional groups attached to an aromatic ring is 1. The summed E-state index contributed by atoms with van der Waals surface area (Å²) in [6.07, 6.45) is 3.11. The van der Waals surface area contributed by atoms with Crippen LogP contribution < -0.4 is 20.5 Å². The molecule has 1 fully saturated rings. The van der Waals surface area contributed by atoms with Crippen molar-refractivity contribution in [1.82, 2.24) is 25.0 Å². The summed E-state index contributed by atoms with van der Waals surface area (Å²) in [5.41, 5.74) is 6.23. The summed E-state index contributed by atoms with van der Waals surface area (Å²) in [4.78, 5) is 30.8. The van der Waals surface area contributed by atoms with Gasteiger partial charge in [0.25, 0.3) is 5.91 Å². The number of ether oxygens (including phenoxy) is 2. The molecule has 1 aromatic carbocycles. The van der Waals surface area contributed by atoms with Gasteiger partial charge in [-0.1, -0.05) is 12.5 Å². The molecule has 0 spiro atoms. The predicted molar refractivity (Wildman–Crippen MR) is 136 cm³/mol. The molecule has 1 aliphatic heterocycles. The molecular weight excluding hydrogens is 498 g/mol. The number of pyridine rings is 1. The summed E-state index contributed by atoms with van der Waals surface area (Å²) in [5, 5.41) is 7.57. The van der Waals surface area contributed by atoms with Gasteiger partial charge in [-0.25, -0.2) is 13.8 Å². The number of carbonyl (C=O) groups excluding carboxylic acids is 2. The van der Waals surface area contributed by atoms with E-state index in [9.17, 15) is 18.4 Å². The van der Waals surface area contributed by atoms with Crippen molar-refractivity contribution in [2.75, 3.05) is 39.6 Å². The van der Waals surface area contributed by atoms with Crippen molar-refractivity contribution in [3.63, 3.8) is 0 Å². The summed E-state index contributed by atoms with van der Waals surface area (Å²) in [5.74, 6) is 2.06. The Labute approximate surface area is 217 Å². The van der Waals surface area contributed by atoms with E-state index < -0.39 is 23.1 Å². The number of halogens is 2. The molecule has 2 amide bonds. The van der Waals surface area contributed by atoms with Crippen LogP contribution in [0.25, 0.3) is 10.9 Å². The van der Waals surface area contributed by atoms with Gasteiger partial charge in [-0.15, -0.1) is 0 Å². The second kappa shape index (κ2) is 10.8. The standard InChI is InChI=1S/C26H26F2N6O4/c1-5-20(35)33-10-9-14(13-33)34-24-16(26(36)30-6-2)12-31-25(29)21(24)17(32-34)8-7-15-22(27)18(37-3)11-19(38-4)23(15)28/h5,11-12,14H,1,6,9-10,13H2,2-4H3,(H2,29,31)(H,30,36)/t14-/m0/s1. The van der Waals surface area contributed by atoms with Crippen LogP contribution >= 0.6 is 0 Å². The molecule has 10 nitrogen and oxygen atoms in total. The fraction of sp³-hybridized carbons (Fsp3) is 0.308. The van der Waals surface area contributed by atoms with E-state index in [0.717, 1.165) is 6.07 Å². The molecule has 0 aliphatic carbocycles. The lowest BCUT2D eigenvalue weighted by molar-refractivity contribution is -0.125. The van der Waals surface area contributed by atoms with E-state index in [0.29, 0.717) is 31.6 Å². The van der Waals surface area contributed by atoms with E-state index in [2.05, 4.69) is 33.8 Å². The quantitative estimate of drug-likeness (QED) is 0.375. The molecule has 3 N–H and O–H groups in total. The number of nitrogens with two attached hydrogens (primary N) is 1. The van der Waals surface area contributed by atoms with Gasteiger partial charge in [0.05, 0.1) is 36.7 Å². The summed E-state index contributed by atoms with van der Waals surface area (Å²) < 4.78 is 41.4. The Morgan fingerprint density at radius 3 is 2.55 bits per heavy atom. The number of nitrogens with one attached hydrogen (secondary N) is 1. The topological polar surface area (TPSA) is 125 Å². The normalized spacial score (nSPS) is 14.7. The maximum absolute atomic E-state index is 14.9. The van der Waals surface area contributed by atoms with Gasteiger partial charge in [0.1, 0.15) is 17.1 Å². The van der Waals surface area contributed by atoms with E-state index in [4.69, 9.17) is 15.2 Å². The van der Waals surface area contributed by atoms with Gasteiger partial charge in [-0.3, -0.25) is 14.3 Å². The Kier molecular flexibility index (Phi) is 7.47. The fourth-order valence-corrected chi connectivity index (χ4v) is 4.36. The number of hydrogen-bond donors (Lipinski definition) is 2. The minimum Gasteiger partial charge on any atom is -0.493 e. The largest absolute Gasteiger partial charge is 0.493 e. The van der Waals surface area contributed by atoms with Crippen LogP contribution in [0.5, 0.6) is 11.5 Å². The fourth-order valence-electron chi connectivity index (χ4n) is 4.36. The second-order valence-electron chi connectivity index (χ2n) is 8.40.